The lowest BCUT2D eigenvalue weighted by Gasteiger charge is -2.15. The third-order valence-corrected chi connectivity index (χ3v) is 3.92. The molecule has 0 atom stereocenters. The third-order valence-electron chi connectivity index (χ3n) is 3.92. The number of anilines is 1. The van der Waals surface area contributed by atoms with E-state index in [4.69, 9.17) is 0 Å². The highest BCUT2D eigenvalue weighted by atomic mass is 16.1. The molecule has 1 aliphatic rings. The van der Waals surface area contributed by atoms with Crippen molar-refractivity contribution in [2.45, 2.75) is 19.3 Å². The van der Waals surface area contributed by atoms with Crippen LogP contribution in [0, 0.1) is 0 Å². The number of allylic oxidation sites excluding steroid dienone is 2. The predicted octanol–water partition coefficient (Wildman–Crippen LogP) is 4.04. The quantitative estimate of drug-likeness (QED) is 0.816. The number of fused-ring (bicyclic) bond motifs is 1. The Hall–Kier alpha value is -2.09. The van der Waals surface area contributed by atoms with Crippen LogP contribution in [0.25, 0.3) is 16.3 Å². The maximum atomic E-state index is 11.5. The molecular weight excluding hydrogens is 246 g/mol. The first-order valence-corrected chi connectivity index (χ1v) is 7.08. The minimum atomic E-state index is 0.259. The summed E-state index contributed by atoms with van der Waals surface area (Å²) in [5, 5.41) is 2.47. The maximum absolute atomic E-state index is 11.5. The first kappa shape index (κ1) is 12.9. The summed E-state index contributed by atoms with van der Waals surface area (Å²) in [5.74, 6) is 0.259. The average Bonchev–Trinajstić information content (AvgIpc) is 2.46. The number of ketones is 1. The molecule has 0 aromatic heterocycles. The van der Waals surface area contributed by atoms with E-state index in [-0.39, 0.29) is 5.78 Å². The molecule has 0 fully saturated rings. The van der Waals surface area contributed by atoms with Gasteiger partial charge >= 0.3 is 0 Å². The van der Waals surface area contributed by atoms with Crippen molar-refractivity contribution in [2.75, 3.05) is 19.0 Å². The largest absolute Gasteiger partial charge is 0.378 e. The van der Waals surface area contributed by atoms with Gasteiger partial charge in [0.2, 0.25) is 0 Å². The third kappa shape index (κ3) is 2.46. The van der Waals surface area contributed by atoms with Gasteiger partial charge in [-0.05, 0) is 59.0 Å². The van der Waals surface area contributed by atoms with E-state index in [9.17, 15) is 4.79 Å². The zero-order valence-corrected chi connectivity index (χ0v) is 12.0. The van der Waals surface area contributed by atoms with Crippen LogP contribution in [0.1, 0.15) is 24.8 Å². The number of benzene rings is 2. The monoisotopic (exact) mass is 265 g/mol. The van der Waals surface area contributed by atoms with E-state index in [1.165, 1.54) is 27.6 Å². The molecule has 0 heterocycles. The lowest BCUT2D eigenvalue weighted by Crippen LogP contribution is -2.08. The molecule has 0 spiro atoms. The molecule has 3 rings (SSSR count). The van der Waals surface area contributed by atoms with Gasteiger partial charge in [0.25, 0.3) is 0 Å². The molecule has 2 nitrogen and oxygen atoms in total. The van der Waals surface area contributed by atoms with Crippen LogP contribution in [0.15, 0.2) is 42.5 Å². The van der Waals surface area contributed by atoms with Gasteiger partial charge in [-0.3, -0.25) is 4.79 Å². The standard InChI is InChI=1S/C18H19NO/c1-19(2)17-9-8-15-10-14(6-7-16(15)11-17)13-4-3-5-18(20)12-13/h6-12H,3-5H2,1-2H3. The van der Waals surface area contributed by atoms with Crippen LogP contribution in [0.3, 0.4) is 0 Å². The summed E-state index contributed by atoms with van der Waals surface area (Å²) in [5.41, 5.74) is 3.57. The van der Waals surface area contributed by atoms with Crippen molar-refractivity contribution in [3.05, 3.63) is 48.0 Å². The van der Waals surface area contributed by atoms with Crippen molar-refractivity contribution in [1.82, 2.24) is 0 Å². The minimum Gasteiger partial charge on any atom is -0.378 e. The molecule has 2 aromatic rings. The van der Waals surface area contributed by atoms with Crippen LogP contribution < -0.4 is 4.90 Å². The fourth-order valence-corrected chi connectivity index (χ4v) is 2.73. The van der Waals surface area contributed by atoms with Crippen molar-refractivity contribution in [1.29, 1.82) is 0 Å². The zero-order chi connectivity index (χ0) is 14.1. The second-order valence-electron chi connectivity index (χ2n) is 5.63. The summed E-state index contributed by atoms with van der Waals surface area (Å²) in [7, 11) is 4.10. The molecule has 0 radical (unpaired) electrons. The number of rotatable bonds is 2. The van der Waals surface area contributed by atoms with Crippen molar-refractivity contribution in [2.24, 2.45) is 0 Å². The highest BCUT2D eigenvalue weighted by Gasteiger charge is 2.11. The lowest BCUT2D eigenvalue weighted by molar-refractivity contribution is -0.114. The highest BCUT2D eigenvalue weighted by molar-refractivity contribution is 5.99. The van der Waals surface area contributed by atoms with Crippen LogP contribution >= 0.6 is 0 Å². The van der Waals surface area contributed by atoms with Gasteiger partial charge in [0.1, 0.15) is 0 Å². The molecule has 2 heteroatoms. The number of carbonyl (C=O) groups excluding carboxylic acids is 1. The number of carbonyl (C=O) groups is 1. The van der Waals surface area contributed by atoms with Gasteiger partial charge in [-0.2, -0.15) is 0 Å². The number of nitrogens with zero attached hydrogens (tertiary/aromatic N) is 1. The fraction of sp³-hybridized carbons (Fsp3) is 0.278. The Labute approximate surface area is 119 Å². The smallest absolute Gasteiger partial charge is 0.155 e. The Morgan fingerprint density at radius 3 is 2.45 bits per heavy atom. The molecule has 0 N–H and O–H groups in total. The van der Waals surface area contributed by atoms with Gasteiger partial charge in [-0.15, -0.1) is 0 Å². The van der Waals surface area contributed by atoms with Gasteiger partial charge in [-0.25, -0.2) is 0 Å². The zero-order valence-electron chi connectivity index (χ0n) is 12.0. The SMILES string of the molecule is CN(C)c1ccc2cc(C3=CC(=O)CCC3)ccc2c1. The van der Waals surface area contributed by atoms with Crippen molar-refractivity contribution in [3.8, 4) is 0 Å². The Kier molecular flexibility index (Phi) is 3.31. The second kappa shape index (κ2) is 5.12. The van der Waals surface area contributed by atoms with E-state index in [2.05, 4.69) is 41.3 Å². The topological polar surface area (TPSA) is 20.3 Å². The number of hydrogen-bond acceptors (Lipinski definition) is 2. The molecule has 0 unspecified atom stereocenters. The molecule has 0 amide bonds. The summed E-state index contributed by atoms with van der Waals surface area (Å²) in [4.78, 5) is 13.7. The van der Waals surface area contributed by atoms with Gasteiger partial charge in [0.05, 0.1) is 0 Å². The summed E-state index contributed by atoms with van der Waals surface area (Å²) < 4.78 is 0. The van der Waals surface area contributed by atoms with Gasteiger partial charge in [-0.1, -0.05) is 18.2 Å². The van der Waals surface area contributed by atoms with E-state index in [0.717, 1.165) is 12.8 Å². The molecule has 102 valence electrons. The van der Waals surface area contributed by atoms with E-state index >= 15 is 0 Å². The van der Waals surface area contributed by atoms with Crippen molar-refractivity contribution < 1.29 is 4.79 Å². The van der Waals surface area contributed by atoms with Crippen LogP contribution in [0.5, 0.6) is 0 Å². The Bertz CT molecular complexity index is 698. The Balaban J connectivity index is 2.03. The van der Waals surface area contributed by atoms with Crippen molar-refractivity contribution >= 4 is 27.8 Å². The average molecular weight is 265 g/mol. The fourth-order valence-electron chi connectivity index (χ4n) is 2.73. The summed E-state index contributed by atoms with van der Waals surface area (Å²) >= 11 is 0. The lowest BCUT2D eigenvalue weighted by atomic mass is 9.92. The van der Waals surface area contributed by atoms with Gasteiger partial charge in [0, 0.05) is 26.2 Å². The predicted molar refractivity (Wildman–Crippen MR) is 85.1 cm³/mol. The van der Waals surface area contributed by atoms with E-state index in [1.54, 1.807) is 0 Å². The van der Waals surface area contributed by atoms with Crippen LogP contribution in [-0.4, -0.2) is 19.9 Å². The molecule has 0 saturated heterocycles. The summed E-state index contributed by atoms with van der Waals surface area (Å²) in [6, 6.07) is 13.0. The maximum Gasteiger partial charge on any atom is 0.155 e. The van der Waals surface area contributed by atoms with Gasteiger partial charge in [0.15, 0.2) is 5.78 Å². The molecule has 0 saturated carbocycles. The normalized spacial score (nSPS) is 15.3. The Morgan fingerprint density at radius 2 is 1.70 bits per heavy atom. The minimum absolute atomic E-state index is 0.259. The first-order valence-electron chi connectivity index (χ1n) is 7.08. The molecule has 0 bridgehead atoms. The molecule has 2 aromatic carbocycles. The molecule has 1 aliphatic carbocycles. The van der Waals surface area contributed by atoms with E-state index in [0.29, 0.717) is 6.42 Å². The van der Waals surface area contributed by atoms with Crippen LogP contribution in [0.2, 0.25) is 0 Å². The highest BCUT2D eigenvalue weighted by Crippen LogP contribution is 2.29. The van der Waals surface area contributed by atoms with Crippen LogP contribution in [0.4, 0.5) is 5.69 Å². The molecule has 20 heavy (non-hydrogen) atoms. The van der Waals surface area contributed by atoms with E-state index in [1.807, 2.05) is 20.2 Å². The summed E-state index contributed by atoms with van der Waals surface area (Å²) in [6.45, 7) is 0. The van der Waals surface area contributed by atoms with Gasteiger partial charge < -0.3 is 4.90 Å². The van der Waals surface area contributed by atoms with Crippen LogP contribution in [-0.2, 0) is 4.79 Å². The number of hydrogen-bond donors (Lipinski definition) is 0. The second-order valence-corrected chi connectivity index (χ2v) is 5.63. The van der Waals surface area contributed by atoms with Crippen molar-refractivity contribution in [3.63, 3.8) is 0 Å². The first-order chi connectivity index (χ1) is 9.63. The molecular formula is C18H19NO. The van der Waals surface area contributed by atoms with E-state index < -0.39 is 0 Å². The molecule has 0 aliphatic heterocycles. The Morgan fingerprint density at radius 1 is 0.950 bits per heavy atom. The summed E-state index contributed by atoms with van der Waals surface area (Å²) in [6.07, 6.45) is 4.50.